The number of anilines is 2. The number of aliphatic hydroxyl groups is 1. The summed E-state index contributed by atoms with van der Waals surface area (Å²) in [5.41, 5.74) is 4.11. The maximum Gasteiger partial charge on any atom is 0.236 e. The summed E-state index contributed by atoms with van der Waals surface area (Å²) < 4.78 is 15.6. The van der Waals surface area contributed by atoms with Crippen molar-refractivity contribution in [3.05, 3.63) is 58.5 Å². The summed E-state index contributed by atoms with van der Waals surface area (Å²) in [6.07, 6.45) is 2.15. The molecule has 0 unspecified atom stereocenters. The van der Waals surface area contributed by atoms with Gasteiger partial charge in [-0.15, -0.1) is 11.3 Å². The van der Waals surface area contributed by atoms with Gasteiger partial charge in [-0.1, -0.05) is 6.92 Å². The average Bonchev–Trinajstić information content (AvgIpc) is 3.60. The lowest BCUT2D eigenvalue weighted by Crippen LogP contribution is -2.56. The normalized spacial score (nSPS) is 16.6. The van der Waals surface area contributed by atoms with Gasteiger partial charge in [-0.05, 0) is 62.7 Å². The van der Waals surface area contributed by atoms with E-state index in [1.54, 1.807) is 11.0 Å². The summed E-state index contributed by atoms with van der Waals surface area (Å²) in [4.78, 5) is 27.9. The molecule has 212 valence electrons. The van der Waals surface area contributed by atoms with Gasteiger partial charge in [0.2, 0.25) is 5.91 Å². The Bertz CT molecular complexity index is 1630. The number of nitriles is 1. The molecule has 4 aromatic rings. The van der Waals surface area contributed by atoms with E-state index in [0.717, 1.165) is 48.8 Å². The van der Waals surface area contributed by atoms with E-state index in [2.05, 4.69) is 24.0 Å². The van der Waals surface area contributed by atoms with E-state index in [0.29, 0.717) is 42.4 Å². The number of piperidine rings is 1. The van der Waals surface area contributed by atoms with Crippen molar-refractivity contribution in [1.29, 1.82) is 5.26 Å². The van der Waals surface area contributed by atoms with Gasteiger partial charge < -0.3 is 14.9 Å². The quantitative estimate of drug-likeness (QED) is 0.356. The molecule has 1 N–H and O–H groups in total. The number of amides is 1. The lowest BCUT2D eigenvalue weighted by Gasteiger charge is -2.38. The highest BCUT2D eigenvalue weighted by Gasteiger charge is 2.31. The van der Waals surface area contributed by atoms with Crippen LogP contribution in [0.3, 0.4) is 0 Å². The van der Waals surface area contributed by atoms with Gasteiger partial charge in [0, 0.05) is 37.0 Å². The van der Waals surface area contributed by atoms with Crippen LogP contribution in [0.1, 0.15) is 42.6 Å². The van der Waals surface area contributed by atoms with Crippen LogP contribution in [0.4, 0.5) is 15.3 Å². The largest absolute Gasteiger partial charge is 0.389 e. The van der Waals surface area contributed by atoms with E-state index < -0.39 is 5.82 Å². The van der Waals surface area contributed by atoms with Gasteiger partial charge in [-0.2, -0.15) is 14.9 Å². The zero-order valence-electron chi connectivity index (χ0n) is 23.0. The Labute approximate surface area is 241 Å². The van der Waals surface area contributed by atoms with Crippen LogP contribution in [0, 0.1) is 17.1 Å². The average molecular weight is 575 g/mol. The monoisotopic (exact) mass is 574 g/mol. The molecular formula is C29H31FN8O2S. The van der Waals surface area contributed by atoms with Crippen LogP contribution in [0.5, 0.6) is 0 Å². The number of aliphatic hydroxyl groups excluding tert-OH is 1. The first-order valence-electron chi connectivity index (χ1n) is 13.8. The summed E-state index contributed by atoms with van der Waals surface area (Å²) in [5, 5.41) is 26.6. The molecule has 0 aliphatic carbocycles. The molecule has 12 heteroatoms. The standard InChI is InChI=1S/C29H31FN8O2S/c1-3-23-28(35(2)29-33-25(17-41-29)22-5-4-20(30)12-19(22)13-31)38-26(32-23)7-6-24(34-38)18-8-10-36(11-9-18)16-27(40)37-14-21(39)15-37/h4-7,12,17-18,21,39H,3,8-11,14-16H2,1-2H3. The van der Waals surface area contributed by atoms with Crippen molar-refractivity contribution in [2.75, 3.05) is 44.7 Å². The zero-order chi connectivity index (χ0) is 28.7. The van der Waals surface area contributed by atoms with Crippen LogP contribution < -0.4 is 4.90 Å². The number of hydrogen-bond donors (Lipinski definition) is 1. The van der Waals surface area contributed by atoms with Crippen LogP contribution in [0.2, 0.25) is 0 Å². The number of hydrogen-bond acceptors (Lipinski definition) is 9. The summed E-state index contributed by atoms with van der Waals surface area (Å²) in [6.45, 7) is 4.97. The van der Waals surface area contributed by atoms with E-state index in [4.69, 9.17) is 15.1 Å². The Morgan fingerprint density at radius 3 is 2.71 bits per heavy atom. The fourth-order valence-corrected chi connectivity index (χ4v) is 6.37. The molecule has 1 amide bonds. The zero-order valence-corrected chi connectivity index (χ0v) is 23.8. The van der Waals surface area contributed by atoms with Crippen molar-refractivity contribution < 1.29 is 14.3 Å². The Hall–Kier alpha value is -3.92. The number of thiazole rings is 1. The maximum atomic E-state index is 13.7. The second-order valence-corrected chi connectivity index (χ2v) is 11.5. The Morgan fingerprint density at radius 2 is 2.00 bits per heavy atom. The van der Waals surface area contributed by atoms with E-state index in [1.807, 2.05) is 27.9 Å². The number of β-amino-alcohol motifs (C(OH)–C–C–N with tert-alkyl or cyclic N) is 1. The number of likely N-dealkylation sites (tertiary alicyclic amines) is 2. The predicted molar refractivity (Wildman–Crippen MR) is 154 cm³/mol. The van der Waals surface area contributed by atoms with E-state index >= 15 is 0 Å². The van der Waals surface area contributed by atoms with Crippen LogP contribution >= 0.6 is 11.3 Å². The smallest absolute Gasteiger partial charge is 0.236 e. The molecule has 2 aliphatic rings. The molecule has 1 aromatic carbocycles. The third-order valence-electron chi connectivity index (χ3n) is 7.93. The molecule has 3 aromatic heterocycles. The summed E-state index contributed by atoms with van der Waals surface area (Å²) in [5.74, 6) is 0.742. The molecule has 2 fully saturated rings. The van der Waals surface area contributed by atoms with Gasteiger partial charge in [-0.3, -0.25) is 9.69 Å². The van der Waals surface area contributed by atoms with Gasteiger partial charge in [-0.25, -0.2) is 14.4 Å². The Morgan fingerprint density at radius 1 is 1.22 bits per heavy atom. The lowest BCUT2D eigenvalue weighted by atomic mass is 9.93. The number of nitrogens with zero attached hydrogens (tertiary/aromatic N) is 8. The second kappa shape index (κ2) is 11.2. The molecule has 0 atom stereocenters. The molecule has 41 heavy (non-hydrogen) atoms. The van der Waals surface area contributed by atoms with Gasteiger partial charge in [0.25, 0.3) is 0 Å². The van der Waals surface area contributed by atoms with Crippen LogP contribution in [-0.2, 0) is 11.2 Å². The van der Waals surface area contributed by atoms with Crippen LogP contribution in [0.15, 0.2) is 35.7 Å². The first-order chi connectivity index (χ1) is 19.8. The molecule has 0 spiro atoms. The third kappa shape index (κ3) is 5.28. The van der Waals surface area contributed by atoms with Crippen molar-refractivity contribution in [3.8, 4) is 17.3 Å². The number of benzene rings is 1. The molecule has 5 heterocycles. The topological polar surface area (TPSA) is 114 Å². The summed E-state index contributed by atoms with van der Waals surface area (Å²) in [7, 11) is 1.93. The number of rotatable bonds is 7. The molecule has 0 bridgehead atoms. The SMILES string of the molecule is CCc1nc2ccc(C3CCN(CC(=O)N4CC(O)C4)CC3)nn2c1N(C)c1nc(-c2ccc(F)cc2C#N)cs1. The highest BCUT2D eigenvalue weighted by molar-refractivity contribution is 7.14. The lowest BCUT2D eigenvalue weighted by molar-refractivity contribution is -0.142. The second-order valence-electron chi connectivity index (χ2n) is 10.6. The number of fused-ring (bicyclic) bond motifs is 1. The fraction of sp³-hybridized carbons (Fsp3) is 0.414. The first kappa shape index (κ1) is 27.3. The van der Waals surface area contributed by atoms with Gasteiger partial charge in [0.05, 0.1) is 41.4 Å². The maximum absolute atomic E-state index is 13.7. The highest BCUT2D eigenvalue weighted by Crippen LogP contribution is 2.35. The minimum absolute atomic E-state index is 0.0834. The van der Waals surface area contributed by atoms with E-state index in [1.165, 1.54) is 23.5 Å². The number of halogens is 1. The summed E-state index contributed by atoms with van der Waals surface area (Å²) >= 11 is 1.44. The van der Waals surface area contributed by atoms with Gasteiger partial charge in [0.1, 0.15) is 5.82 Å². The molecule has 0 saturated carbocycles. The van der Waals surface area contributed by atoms with Crippen molar-refractivity contribution >= 4 is 33.8 Å². The molecule has 0 radical (unpaired) electrons. The van der Waals surface area contributed by atoms with Crippen molar-refractivity contribution in [2.24, 2.45) is 0 Å². The fourth-order valence-electron chi connectivity index (χ4n) is 5.57. The molecular weight excluding hydrogens is 543 g/mol. The van der Waals surface area contributed by atoms with Gasteiger partial charge in [0.15, 0.2) is 16.6 Å². The molecule has 2 saturated heterocycles. The first-order valence-corrected chi connectivity index (χ1v) is 14.7. The number of carbonyl (C=O) groups excluding carboxylic acids is 1. The Kier molecular flexibility index (Phi) is 7.42. The summed E-state index contributed by atoms with van der Waals surface area (Å²) in [6, 6.07) is 10.3. The molecule has 6 rings (SSSR count). The minimum atomic E-state index is -0.454. The minimum Gasteiger partial charge on any atom is -0.389 e. The number of aryl methyl sites for hydroxylation is 1. The van der Waals surface area contributed by atoms with Crippen molar-refractivity contribution in [2.45, 2.75) is 38.2 Å². The number of aromatic nitrogens is 4. The van der Waals surface area contributed by atoms with Crippen LogP contribution in [0.25, 0.3) is 16.9 Å². The highest BCUT2D eigenvalue weighted by atomic mass is 32.1. The van der Waals surface area contributed by atoms with E-state index in [9.17, 15) is 19.6 Å². The van der Waals surface area contributed by atoms with Crippen molar-refractivity contribution in [1.82, 2.24) is 29.4 Å². The van der Waals surface area contributed by atoms with Crippen molar-refractivity contribution in [3.63, 3.8) is 0 Å². The predicted octanol–water partition coefficient (Wildman–Crippen LogP) is 3.58. The van der Waals surface area contributed by atoms with E-state index in [-0.39, 0.29) is 23.5 Å². The van der Waals surface area contributed by atoms with Crippen LogP contribution in [-0.4, -0.2) is 86.3 Å². The third-order valence-corrected chi connectivity index (χ3v) is 8.85. The number of carbonyl (C=O) groups is 1. The number of imidazole rings is 1. The molecule has 10 nitrogen and oxygen atoms in total. The van der Waals surface area contributed by atoms with Gasteiger partial charge >= 0.3 is 0 Å². The Balaban J connectivity index is 1.22. The molecule has 2 aliphatic heterocycles.